The number of carboxylic acid groups (broad SMARTS) is 1. The first-order chi connectivity index (χ1) is 9.38. The molecule has 0 aliphatic carbocycles. The Morgan fingerprint density at radius 2 is 1.55 bits per heavy atom. The lowest BCUT2D eigenvalue weighted by Crippen LogP contribution is -2.03. The molecule has 0 unspecified atom stereocenters. The summed E-state index contributed by atoms with van der Waals surface area (Å²) in [5, 5.41) is 9.92. The van der Waals surface area contributed by atoms with E-state index in [9.17, 15) is 4.79 Å². The summed E-state index contributed by atoms with van der Waals surface area (Å²) in [6, 6.07) is 4.89. The molecule has 104 valence electrons. The number of benzene rings is 1. The second kappa shape index (κ2) is 6.19. The maximum Gasteiger partial charge on any atom is 0.309 e. The zero-order valence-electron chi connectivity index (χ0n) is 9.83. The molecule has 2 aromatic rings. The topological polar surface area (TPSA) is 50.2 Å². The SMILES string of the molecule is O=C(O)Cc1ncc(-c2cc(Cl)c(Cl)c(Cl)c2)cc1Cl. The van der Waals surface area contributed by atoms with Crippen LogP contribution in [-0.2, 0) is 11.2 Å². The predicted octanol–water partition coefficient (Wildman–Crippen LogP) is 4.99. The summed E-state index contributed by atoms with van der Waals surface area (Å²) in [4.78, 5) is 14.7. The maximum absolute atomic E-state index is 10.7. The molecule has 3 nitrogen and oxygen atoms in total. The minimum Gasteiger partial charge on any atom is -0.481 e. The molecule has 0 spiro atoms. The molecule has 1 aromatic carbocycles. The van der Waals surface area contributed by atoms with E-state index in [1.165, 1.54) is 6.20 Å². The van der Waals surface area contributed by atoms with Crippen molar-refractivity contribution in [3.05, 3.63) is 50.2 Å². The Bertz CT molecular complexity index is 665. The third kappa shape index (κ3) is 3.36. The van der Waals surface area contributed by atoms with Crippen LogP contribution in [0, 0.1) is 0 Å². The Morgan fingerprint density at radius 1 is 1.00 bits per heavy atom. The van der Waals surface area contributed by atoms with Crippen molar-refractivity contribution < 1.29 is 9.90 Å². The highest BCUT2D eigenvalue weighted by atomic mass is 35.5. The summed E-state index contributed by atoms with van der Waals surface area (Å²) in [7, 11) is 0. The van der Waals surface area contributed by atoms with E-state index in [4.69, 9.17) is 51.5 Å². The number of rotatable bonds is 3. The van der Waals surface area contributed by atoms with Crippen LogP contribution in [0.25, 0.3) is 11.1 Å². The minimum absolute atomic E-state index is 0.235. The van der Waals surface area contributed by atoms with Gasteiger partial charge in [0.25, 0.3) is 0 Å². The van der Waals surface area contributed by atoms with Crippen LogP contribution in [0.4, 0.5) is 0 Å². The molecule has 20 heavy (non-hydrogen) atoms. The molecule has 0 radical (unpaired) electrons. The van der Waals surface area contributed by atoms with Crippen LogP contribution in [0.2, 0.25) is 20.1 Å². The van der Waals surface area contributed by atoms with Crippen LogP contribution in [0.15, 0.2) is 24.4 Å². The number of aromatic nitrogens is 1. The van der Waals surface area contributed by atoms with E-state index < -0.39 is 5.97 Å². The molecule has 0 saturated carbocycles. The predicted molar refractivity (Wildman–Crippen MR) is 81.1 cm³/mol. The van der Waals surface area contributed by atoms with Gasteiger partial charge in [-0.05, 0) is 23.8 Å². The second-order valence-electron chi connectivity index (χ2n) is 3.98. The van der Waals surface area contributed by atoms with E-state index in [1.54, 1.807) is 18.2 Å². The van der Waals surface area contributed by atoms with E-state index >= 15 is 0 Å². The lowest BCUT2D eigenvalue weighted by Gasteiger charge is -2.07. The average molecular weight is 351 g/mol. The molecule has 1 aromatic heterocycles. The number of halogens is 4. The number of carboxylic acids is 1. The average Bonchev–Trinajstić information content (AvgIpc) is 2.37. The quantitative estimate of drug-likeness (QED) is 0.793. The molecule has 0 saturated heterocycles. The molecular weight excluding hydrogens is 344 g/mol. The van der Waals surface area contributed by atoms with E-state index in [1.807, 2.05) is 0 Å². The smallest absolute Gasteiger partial charge is 0.309 e. The Balaban J connectivity index is 2.44. The maximum atomic E-state index is 10.7. The van der Waals surface area contributed by atoms with E-state index in [-0.39, 0.29) is 16.5 Å². The Morgan fingerprint density at radius 3 is 2.05 bits per heavy atom. The summed E-state index contributed by atoms with van der Waals surface area (Å²) in [6.45, 7) is 0. The van der Waals surface area contributed by atoms with Crippen LogP contribution in [-0.4, -0.2) is 16.1 Å². The monoisotopic (exact) mass is 349 g/mol. The van der Waals surface area contributed by atoms with Gasteiger partial charge in [0.2, 0.25) is 0 Å². The van der Waals surface area contributed by atoms with Gasteiger partial charge in [0.1, 0.15) is 0 Å². The van der Waals surface area contributed by atoms with Crippen LogP contribution >= 0.6 is 46.4 Å². The summed E-state index contributed by atoms with van der Waals surface area (Å²) < 4.78 is 0. The number of carbonyl (C=O) groups is 1. The summed E-state index contributed by atoms with van der Waals surface area (Å²) in [5.41, 5.74) is 1.67. The summed E-state index contributed by atoms with van der Waals surface area (Å²) in [6.07, 6.45) is 1.28. The number of aliphatic carboxylic acids is 1. The van der Waals surface area contributed by atoms with Gasteiger partial charge in [-0.3, -0.25) is 9.78 Å². The molecule has 0 amide bonds. The zero-order valence-corrected chi connectivity index (χ0v) is 12.9. The van der Waals surface area contributed by atoms with Crippen molar-refractivity contribution in [2.45, 2.75) is 6.42 Å². The molecule has 7 heteroatoms. The fourth-order valence-corrected chi connectivity index (χ4v) is 2.45. The third-order valence-electron chi connectivity index (χ3n) is 2.55. The van der Waals surface area contributed by atoms with Gasteiger partial charge in [-0.25, -0.2) is 0 Å². The zero-order chi connectivity index (χ0) is 14.9. The lowest BCUT2D eigenvalue weighted by atomic mass is 10.1. The number of nitrogens with zero attached hydrogens (tertiary/aromatic N) is 1. The number of hydrogen-bond acceptors (Lipinski definition) is 2. The molecule has 0 bridgehead atoms. The van der Waals surface area contributed by atoms with Crippen molar-refractivity contribution >= 4 is 52.4 Å². The van der Waals surface area contributed by atoms with Gasteiger partial charge >= 0.3 is 5.97 Å². The number of pyridine rings is 1. The highest BCUT2D eigenvalue weighted by molar-refractivity contribution is 6.48. The van der Waals surface area contributed by atoms with Gasteiger partial charge in [-0.2, -0.15) is 0 Å². The molecule has 1 N–H and O–H groups in total. The number of hydrogen-bond donors (Lipinski definition) is 1. The molecule has 0 aliphatic heterocycles. The van der Waals surface area contributed by atoms with E-state index in [2.05, 4.69) is 4.98 Å². The van der Waals surface area contributed by atoms with Gasteiger partial charge < -0.3 is 5.11 Å². The molecule has 2 rings (SSSR count). The van der Waals surface area contributed by atoms with Crippen LogP contribution in [0.5, 0.6) is 0 Å². The van der Waals surface area contributed by atoms with Gasteiger partial charge in [0.05, 0.1) is 32.2 Å². The van der Waals surface area contributed by atoms with Gasteiger partial charge in [-0.15, -0.1) is 0 Å². The Kier molecular flexibility index (Phi) is 4.76. The summed E-state index contributed by atoms with van der Waals surface area (Å²) >= 11 is 23.8. The first-order valence-corrected chi connectivity index (χ1v) is 6.91. The largest absolute Gasteiger partial charge is 0.481 e. The first-order valence-electron chi connectivity index (χ1n) is 5.39. The lowest BCUT2D eigenvalue weighted by molar-refractivity contribution is -0.136. The van der Waals surface area contributed by atoms with Gasteiger partial charge in [0, 0.05) is 11.8 Å². The Labute approximate surface area is 135 Å². The third-order valence-corrected chi connectivity index (χ3v) is 4.08. The normalized spacial score (nSPS) is 10.6. The molecular formula is C13H7Cl4NO2. The van der Waals surface area contributed by atoms with Gasteiger partial charge in [0.15, 0.2) is 0 Å². The van der Waals surface area contributed by atoms with Gasteiger partial charge in [-0.1, -0.05) is 46.4 Å². The van der Waals surface area contributed by atoms with Crippen molar-refractivity contribution in [3.63, 3.8) is 0 Å². The fraction of sp³-hybridized carbons (Fsp3) is 0.0769. The van der Waals surface area contributed by atoms with Crippen LogP contribution in [0.1, 0.15) is 5.69 Å². The van der Waals surface area contributed by atoms with Crippen LogP contribution < -0.4 is 0 Å². The highest BCUT2D eigenvalue weighted by Crippen LogP contribution is 2.35. The molecule has 0 atom stereocenters. The highest BCUT2D eigenvalue weighted by Gasteiger charge is 2.11. The second-order valence-corrected chi connectivity index (χ2v) is 5.58. The molecule has 0 fully saturated rings. The summed E-state index contributed by atoms with van der Waals surface area (Å²) in [5.74, 6) is -0.996. The molecule has 0 aliphatic rings. The van der Waals surface area contributed by atoms with Crippen molar-refractivity contribution in [2.24, 2.45) is 0 Å². The van der Waals surface area contributed by atoms with Crippen LogP contribution in [0.3, 0.4) is 0 Å². The van der Waals surface area contributed by atoms with Crippen molar-refractivity contribution in [1.82, 2.24) is 4.98 Å². The van der Waals surface area contributed by atoms with E-state index in [0.29, 0.717) is 26.9 Å². The first kappa shape index (κ1) is 15.4. The van der Waals surface area contributed by atoms with E-state index in [0.717, 1.165) is 0 Å². The molecule has 1 heterocycles. The van der Waals surface area contributed by atoms with Crippen molar-refractivity contribution in [3.8, 4) is 11.1 Å². The fourth-order valence-electron chi connectivity index (χ4n) is 1.62. The standard InChI is InChI=1S/C13H7Cl4NO2/c14-8-3-7(5-18-11(8)4-12(19)20)6-1-9(15)13(17)10(16)2-6/h1-3,5H,4H2,(H,19,20). The Hall–Kier alpha value is -1.000. The minimum atomic E-state index is -0.996. The van der Waals surface area contributed by atoms with Crippen molar-refractivity contribution in [1.29, 1.82) is 0 Å². The van der Waals surface area contributed by atoms with Crippen molar-refractivity contribution in [2.75, 3.05) is 0 Å².